The lowest BCUT2D eigenvalue weighted by Gasteiger charge is -2.56. The molecule has 5 saturated carbocycles. The van der Waals surface area contributed by atoms with Crippen LogP contribution >= 0.6 is 0 Å². The third kappa shape index (κ3) is 3.72. The maximum atomic E-state index is 15.1. The monoisotopic (exact) mass is 457 g/mol. The Morgan fingerprint density at radius 2 is 1.73 bits per heavy atom. The van der Waals surface area contributed by atoms with Gasteiger partial charge in [-0.1, -0.05) is 0 Å². The van der Waals surface area contributed by atoms with E-state index in [1.54, 1.807) is 6.07 Å². The Balaban J connectivity index is 1.21. The second kappa shape index (κ2) is 7.69. The first-order valence-corrected chi connectivity index (χ1v) is 12.3. The maximum absolute atomic E-state index is 15.1. The Morgan fingerprint density at radius 1 is 1.09 bits per heavy atom. The van der Waals surface area contributed by atoms with Crippen molar-refractivity contribution in [1.29, 1.82) is 0 Å². The first kappa shape index (κ1) is 21.4. The van der Waals surface area contributed by atoms with Gasteiger partial charge in [-0.3, -0.25) is 4.79 Å². The summed E-state index contributed by atoms with van der Waals surface area (Å²) in [4.78, 5) is 25.1. The molecule has 7 rings (SSSR count). The highest BCUT2D eigenvalue weighted by atomic mass is 19.1. The molecule has 1 heterocycles. The van der Waals surface area contributed by atoms with Crippen molar-refractivity contribution in [2.75, 3.05) is 26.9 Å². The van der Waals surface area contributed by atoms with Crippen LogP contribution in [-0.4, -0.2) is 44.3 Å². The molecule has 1 aromatic carbocycles. The Hall–Kier alpha value is -2.15. The molecule has 0 unspecified atom stereocenters. The number of benzene rings is 1. The standard InChI is InChI=1S/C26H32FNO5/c1-31-24(30)26(13-32-14-26)28-23(29)20-7-19(18-2-3-18)22(8-21(20)27)33-12-25-9-15-4-16(10-25)6-17(5-15)11-25/h7-8,15-18H,2-6,9-14H2,1H3,(H,28,29). The molecule has 0 spiro atoms. The Labute approximate surface area is 193 Å². The highest BCUT2D eigenvalue weighted by Crippen LogP contribution is 2.60. The van der Waals surface area contributed by atoms with Crippen molar-refractivity contribution in [2.45, 2.75) is 62.8 Å². The third-order valence-electron chi connectivity index (χ3n) is 8.69. The highest BCUT2D eigenvalue weighted by Gasteiger charge is 2.52. The van der Waals surface area contributed by atoms with Crippen LogP contribution in [0.4, 0.5) is 4.39 Å². The molecule has 1 aromatic rings. The number of esters is 1. The molecule has 0 aromatic heterocycles. The highest BCUT2D eigenvalue weighted by molar-refractivity contribution is 5.99. The van der Waals surface area contributed by atoms with Crippen LogP contribution in [0.2, 0.25) is 0 Å². The Kier molecular flexibility index (Phi) is 4.98. The maximum Gasteiger partial charge on any atom is 0.336 e. The topological polar surface area (TPSA) is 73.9 Å². The molecule has 1 amide bonds. The van der Waals surface area contributed by atoms with E-state index in [1.165, 1.54) is 51.7 Å². The second-order valence-corrected chi connectivity index (χ2v) is 11.4. The number of methoxy groups -OCH3 is 1. The number of amides is 1. The molecule has 0 radical (unpaired) electrons. The predicted octanol–water partition coefficient (Wildman–Crippen LogP) is 3.97. The normalized spacial score (nSPS) is 33.3. The molecular weight excluding hydrogens is 425 g/mol. The van der Waals surface area contributed by atoms with Crippen molar-refractivity contribution in [3.05, 3.63) is 29.1 Å². The third-order valence-corrected chi connectivity index (χ3v) is 8.69. The molecule has 4 bridgehead atoms. The van der Waals surface area contributed by atoms with Crippen LogP contribution in [0, 0.1) is 29.0 Å². The quantitative estimate of drug-likeness (QED) is 0.628. The molecule has 6 nitrogen and oxygen atoms in total. The molecule has 0 atom stereocenters. The predicted molar refractivity (Wildman–Crippen MR) is 118 cm³/mol. The van der Waals surface area contributed by atoms with Crippen LogP contribution in [-0.2, 0) is 14.3 Å². The number of carbonyl (C=O) groups is 2. The zero-order chi connectivity index (χ0) is 22.8. The number of hydrogen-bond donors (Lipinski definition) is 1. The molecule has 7 heteroatoms. The smallest absolute Gasteiger partial charge is 0.336 e. The van der Waals surface area contributed by atoms with E-state index in [1.807, 2.05) is 0 Å². The van der Waals surface area contributed by atoms with Gasteiger partial charge in [0.2, 0.25) is 0 Å². The van der Waals surface area contributed by atoms with E-state index in [9.17, 15) is 9.59 Å². The summed E-state index contributed by atoms with van der Waals surface area (Å²) in [5.74, 6) is 1.55. The van der Waals surface area contributed by atoms with E-state index in [2.05, 4.69) is 5.32 Å². The van der Waals surface area contributed by atoms with E-state index in [-0.39, 0.29) is 24.2 Å². The molecule has 178 valence electrons. The van der Waals surface area contributed by atoms with Gasteiger partial charge in [-0.05, 0) is 86.7 Å². The SMILES string of the molecule is COC(=O)C1(NC(=O)c2cc(C3CC3)c(OCC34CC5CC(CC(C5)C3)C4)cc2F)COC1. The fraction of sp³-hybridized carbons (Fsp3) is 0.692. The summed E-state index contributed by atoms with van der Waals surface area (Å²) < 4.78 is 31.4. The minimum Gasteiger partial charge on any atom is -0.493 e. The number of carbonyl (C=O) groups excluding carboxylic acids is 2. The molecule has 6 fully saturated rings. The average molecular weight is 458 g/mol. The van der Waals surface area contributed by atoms with Crippen molar-refractivity contribution in [2.24, 2.45) is 23.2 Å². The lowest BCUT2D eigenvalue weighted by atomic mass is 9.50. The summed E-state index contributed by atoms with van der Waals surface area (Å²) in [5.41, 5.74) is -0.164. The number of nitrogens with one attached hydrogen (secondary N) is 1. The van der Waals surface area contributed by atoms with Gasteiger partial charge in [0.25, 0.3) is 5.91 Å². The summed E-state index contributed by atoms with van der Waals surface area (Å²) in [7, 11) is 1.26. The second-order valence-electron chi connectivity index (χ2n) is 11.4. The molecule has 5 aliphatic carbocycles. The van der Waals surface area contributed by atoms with Gasteiger partial charge in [-0.25, -0.2) is 9.18 Å². The van der Waals surface area contributed by atoms with Crippen molar-refractivity contribution < 1.29 is 28.2 Å². The number of ether oxygens (including phenoxy) is 3. The van der Waals surface area contributed by atoms with E-state index in [0.717, 1.165) is 36.2 Å². The Bertz CT molecular complexity index is 948. The van der Waals surface area contributed by atoms with Crippen LogP contribution in [0.15, 0.2) is 12.1 Å². The summed E-state index contributed by atoms with van der Waals surface area (Å²) in [6, 6.07) is 3.01. The van der Waals surface area contributed by atoms with Gasteiger partial charge in [0.15, 0.2) is 5.54 Å². The number of hydrogen-bond acceptors (Lipinski definition) is 5. The van der Waals surface area contributed by atoms with Gasteiger partial charge in [-0.15, -0.1) is 0 Å². The van der Waals surface area contributed by atoms with Crippen LogP contribution < -0.4 is 10.1 Å². The fourth-order valence-corrected chi connectivity index (χ4v) is 7.31. The largest absolute Gasteiger partial charge is 0.493 e. The molecule has 6 aliphatic rings. The molecular formula is C26H32FNO5. The minimum atomic E-state index is -1.24. The van der Waals surface area contributed by atoms with Gasteiger partial charge in [-0.2, -0.15) is 0 Å². The van der Waals surface area contributed by atoms with Crippen molar-refractivity contribution >= 4 is 11.9 Å². The lowest BCUT2D eigenvalue weighted by Crippen LogP contribution is -2.67. The van der Waals surface area contributed by atoms with Gasteiger partial charge >= 0.3 is 5.97 Å². The van der Waals surface area contributed by atoms with Crippen molar-refractivity contribution in [3.63, 3.8) is 0 Å². The number of halogens is 1. The van der Waals surface area contributed by atoms with Gasteiger partial charge in [0, 0.05) is 11.5 Å². The summed E-state index contributed by atoms with van der Waals surface area (Å²) >= 11 is 0. The van der Waals surface area contributed by atoms with Gasteiger partial charge in [0.1, 0.15) is 11.6 Å². The van der Waals surface area contributed by atoms with Crippen LogP contribution in [0.25, 0.3) is 0 Å². The zero-order valence-corrected chi connectivity index (χ0v) is 19.2. The van der Waals surface area contributed by atoms with Crippen molar-refractivity contribution in [1.82, 2.24) is 5.32 Å². The first-order chi connectivity index (χ1) is 15.9. The molecule has 1 N–H and O–H groups in total. The summed E-state index contributed by atoms with van der Waals surface area (Å²) in [6.07, 6.45) is 9.87. The van der Waals surface area contributed by atoms with Gasteiger partial charge in [0.05, 0.1) is 32.5 Å². The Morgan fingerprint density at radius 3 is 2.24 bits per heavy atom. The molecule has 1 saturated heterocycles. The van der Waals surface area contributed by atoms with Crippen LogP contribution in [0.3, 0.4) is 0 Å². The number of rotatable bonds is 7. The minimum absolute atomic E-state index is 0.0226. The summed E-state index contributed by atoms with van der Waals surface area (Å²) in [6.45, 7) is 0.688. The first-order valence-electron chi connectivity index (χ1n) is 12.3. The zero-order valence-electron chi connectivity index (χ0n) is 19.2. The van der Waals surface area contributed by atoms with E-state index in [0.29, 0.717) is 18.3 Å². The van der Waals surface area contributed by atoms with Crippen LogP contribution in [0.5, 0.6) is 5.75 Å². The molecule has 33 heavy (non-hydrogen) atoms. The fourth-order valence-electron chi connectivity index (χ4n) is 7.31. The molecule has 1 aliphatic heterocycles. The summed E-state index contributed by atoms with van der Waals surface area (Å²) in [5, 5.41) is 2.65. The van der Waals surface area contributed by atoms with Crippen molar-refractivity contribution in [3.8, 4) is 5.75 Å². The van der Waals surface area contributed by atoms with Gasteiger partial charge < -0.3 is 19.5 Å². The van der Waals surface area contributed by atoms with Crippen LogP contribution in [0.1, 0.15) is 73.2 Å². The lowest BCUT2D eigenvalue weighted by molar-refractivity contribution is -0.168. The van der Waals surface area contributed by atoms with E-state index >= 15 is 4.39 Å². The average Bonchev–Trinajstić information content (AvgIpc) is 3.58. The van der Waals surface area contributed by atoms with E-state index in [4.69, 9.17) is 14.2 Å². The van der Waals surface area contributed by atoms with E-state index < -0.39 is 23.2 Å².